The summed E-state index contributed by atoms with van der Waals surface area (Å²) in [5.41, 5.74) is 1.48. The van der Waals surface area contributed by atoms with Crippen LogP contribution in [0.3, 0.4) is 0 Å². The summed E-state index contributed by atoms with van der Waals surface area (Å²) in [7, 11) is 0. The van der Waals surface area contributed by atoms with Gasteiger partial charge in [-0.15, -0.1) is 11.3 Å². The molecule has 0 spiro atoms. The van der Waals surface area contributed by atoms with Crippen molar-refractivity contribution in [2.45, 2.75) is 51.7 Å². The summed E-state index contributed by atoms with van der Waals surface area (Å²) >= 11 is 1.58. The van der Waals surface area contributed by atoms with Gasteiger partial charge in [-0.1, -0.05) is 0 Å². The number of thiazole rings is 1. The zero-order valence-corrected chi connectivity index (χ0v) is 17.7. The predicted octanol–water partition coefficient (Wildman–Crippen LogP) is 3.72. The zero-order chi connectivity index (χ0) is 20.4. The fourth-order valence-electron chi connectivity index (χ4n) is 3.59. The molecular weight excluding hydrogens is 386 g/mol. The predicted molar refractivity (Wildman–Crippen MR) is 112 cm³/mol. The summed E-state index contributed by atoms with van der Waals surface area (Å²) in [4.78, 5) is 31.0. The Bertz CT molecular complexity index is 868. The first-order chi connectivity index (χ1) is 14.0. The molecule has 1 unspecified atom stereocenters. The number of aromatic nitrogens is 1. The van der Waals surface area contributed by atoms with Gasteiger partial charge in [0.2, 0.25) is 5.91 Å². The number of hydrogen-bond donors (Lipinski definition) is 1. The van der Waals surface area contributed by atoms with Crippen molar-refractivity contribution < 1.29 is 14.3 Å². The molecule has 1 aromatic heterocycles. The Labute approximate surface area is 175 Å². The molecule has 1 saturated heterocycles. The van der Waals surface area contributed by atoms with Crippen LogP contribution < -0.4 is 10.1 Å². The van der Waals surface area contributed by atoms with Gasteiger partial charge in [0.15, 0.2) is 0 Å². The SMILES string of the molecule is Cc1nc(C(C)NC(=O)c2ccc(OC3CCN(C(=O)C4CC4)CC3)cc2)cs1. The van der Waals surface area contributed by atoms with E-state index in [-0.39, 0.29) is 24.0 Å². The Hall–Kier alpha value is -2.41. The molecule has 6 nitrogen and oxygen atoms in total. The van der Waals surface area contributed by atoms with Crippen molar-refractivity contribution in [1.82, 2.24) is 15.2 Å². The van der Waals surface area contributed by atoms with Crippen LogP contribution >= 0.6 is 11.3 Å². The molecule has 1 atom stereocenters. The lowest BCUT2D eigenvalue weighted by Crippen LogP contribution is -2.42. The van der Waals surface area contributed by atoms with Gasteiger partial charge in [-0.05, 0) is 51.0 Å². The fourth-order valence-corrected chi connectivity index (χ4v) is 4.30. The Morgan fingerprint density at radius 1 is 1.17 bits per heavy atom. The first-order valence-corrected chi connectivity index (χ1v) is 11.2. The number of likely N-dealkylation sites (tertiary alicyclic amines) is 1. The minimum absolute atomic E-state index is 0.117. The van der Waals surface area contributed by atoms with Crippen molar-refractivity contribution in [2.75, 3.05) is 13.1 Å². The van der Waals surface area contributed by atoms with Gasteiger partial charge in [0.05, 0.1) is 16.7 Å². The number of nitrogens with zero attached hydrogens (tertiary/aromatic N) is 2. The molecule has 2 aromatic rings. The number of aryl methyl sites for hydroxylation is 1. The quantitative estimate of drug-likeness (QED) is 0.783. The molecule has 7 heteroatoms. The maximum absolute atomic E-state index is 12.5. The van der Waals surface area contributed by atoms with Crippen LogP contribution in [-0.4, -0.2) is 40.9 Å². The molecule has 1 aromatic carbocycles. The molecule has 4 rings (SSSR count). The molecule has 1 aliphatic carbocycles. The van der Waals surface area contributed by atoms with Crippen LogP contribution in [0.1, 0.15) is 59.7 Å². The van der Waals surface area contributed by atoms with Crippen LogP contribution in [0.15, 0.2) is 29.6 Å². The topological polar surface area (TPSA) is 71.5 Å². The van der Waals surface area contributed by atoms with Gasteiger partial charge >= 0.3 is 0 Å². The third kappa shape index (κ3) is 4.96. The third-order valence-corrected chi connectivity index (χ3v) is 6.32. The average molecular weight is 414 g/mol. The maximum Gasteiger partial charge on any atom is 0.251 e. The molecule has 0 bridgehead atoms. The van der Waals surface area contributed by atoms with E-state index in [1.54, 1.807) is 23.5 Å². The lowest BCUT2D eigenvalue weighted by molar-refractivity contribution is -0.134. The molecule has 1 saturated carbocycles. The number of rotatable bonds is 6. The van der Waals surface area contributed by atoms with Gasteiger partial charge in [0.25, 0.3) is 5.91 Å². The van der Waals surface area contributed by atoms with Crippen LogP contribution in [-0.2, 0) is 4.79 Å². The highest BCUT2D eigenvalue weighted by molar-refractivity contribution is 7.09. The molecule has 0 radical (unpaired) electrons. The van der Waals surface area contributed by atoms with E-state index in [0.717, 1.165) is 55.2 Å². The van der Waals surface area contributed by atoms with E-state index in [1.165, 1.54) is 0 Å². The molecule has 2 aliphatic rings. The highest BCUT2D eigenvalue weighted by Gasteiger charge is 2.35. The van der Waals surface area contributed by atoms with Crippen LogP contribution in [0.4, 0.5) is 0 Å². The van der Waals surface area contributed by atoms with E-state index in [0.29, 0.717) is 11.5 Å². The van der Waals surface area contributed by atoms with E-state index in [4.69, 9.17) is 4.74 Å². The smallest absolute Gasteiger partial charge is 0.251 e. The van der Waals surface area contributed by atoms with Crippen LogP contribution in [0.5, 0.6) is 5.75 Å². The third-order valence-electron chi connectivity index (χ3n) is 5.53. The van der Waals surface area contributed by atoms with E-state index in [9.17, 15) is 9.59 Å². The summed E-state index contributed by atoms with van der Waals surface area (Å²) in [6.07, 6.45) is 3.93. The monoisotopic (exact) mass is 413 g/mol. The van der Waals surface area contributed by atoms with Crippen LogP contribution in [0, 0.1) is 12.8 Å². The first kappa shape index (κ1) is 19.9. The van der Waals surface area contributed by atoms with Gasteiger partial charge in [-0.25, -0.2) is 4.98 Å². The minimum atomic E-state index is -0.132. The number of hydrogen-bond acceptors (Lipinski definition) is 5. The Morgan fingerprint density at radius 3 is 2.45 bits per heavy atom. The lowest BCUT2D eigenvalue weighted by atomic mass is 10.1. The van der Waals surface area contributed by atoms with Crippen molar-refractivity contribution in [1.29, 1.82) is 0 Å². The van der Waals surface area contributed by atoms with Crippen molar-refractivity contribution in [3.8, 4) is 5.75 Å². The largest absolute Gasteiger partial charge is 0.490 e. The number of carbonyl (C=O) groups is 2. The summed E-state index contributed by atoms with van der Waals surface area (Å²) in [6.45, 7) is 5.43. The number of amides is 2. The van der Waals surface area contributed by atoms with Gasteiger partial charge in [-0.2, -0.15) is 0 Å². The minimum Gasteiger partial charge on any atom is -0.490 e. The van der Waals surface area contributed by atoms with E-state index in [2.05, 4.69) is 10.3 Å². The highest BCUT2D eigenvalue weighted by atomic mass is 32.1. The standard InChI is InChI=1S/C22H27N3O3S/c1-14(20-13-29-15(2)24-20)23-21(26)16-5-7-18(8-6-16)28-19-9-11-25(12-10-19)22(27)17-3-4-17/h5-8,13-14,17,19H,3-4,9-12H2,1-2H3,(H,23,26). The highest BCUT2D eigenvalue weighted by Crippen LogP contribution is 2.32. The maximum atomic E-state index is 12.5. The molecule has 2 fully saturated rings. The second-order valence-electron chi connectivity index (χ2n) is 7.93. The number of piperidine rings is 1. The van der Waals surface area contributed by atoms with Crippen molar-refractivity contribution >= 4 is 23.2 Å². The van der Waals surface area contributed by atoms with E-state index < -0.39 is 0 Å². The Kier molecular flexibility index (Phi) is 5.85. The summed E-state index contributed by atoms with van der Waals surface area (Å²) in [6, 6.07) is 7.12. The molecule has 2 heterocycles. The van der Waals surface area contributed by atoms with E-state index in [1.807, 2.05) is 36.3 Å². The number of benzene rings is 1. The summed E-state index contributed by atoms with van der Waals surface area (Å²) < 4.78 is 6.07. The average Bonchev–Trinajstić information content (AvgIpc) is 3.49. The molecule has 154 valence electrons. The van der Waals surface area contributed by atoms with Crippen LogP contribution in [0.25, 0.3) is 0 Å². The van der Waals surface area contributed by atoms with Crippen molar-refractivity contribution in [3.05, 3.63) is 45.9 Å². The Balaban J connectivity index is 1.26. The number of carbonyl (C=O) groups excluding carboxylic acids is 2. The molecule has 1 N–H and O–H groups in total. The number of nitrogens with one attached hydrogen (secondary N) is 1. The van der Waals surface area contributed by atoms with Gasteiger partial charge in [0.1, 0.15) is 11.9 Å². The van der Waals surface area contributed by atoms with Gasteiger partial charge in [0, 0.05) is 42.8 Å². The zero-order valence-electron chi connectivity index (χ0n) is 16.9. The van der Waals surface area contributed by atoms with E-state index >= 15 is 0 Å². The van der Waals surface area contributed by atoms with Crippen LogP contribution in [0.2, 0.25) is 0 Å². The second kappa shape index (κ2) is 8.53. The van der Waals surface area contributed by atoms with Crippen molar-refractivity contribution in [2.24, 2.45) is 5.92 Å². The van der Waals surface area contributed by atoms with Gasteiger partial charge in [-0.3, -0.25) is 9.59 Å². The van der Waals surface area contributed by atoms with Crippen molar-refractivity contribution in [3.63, 3.8) is 0 Å². The number of ether oxygens (including phenoxy) is 1. The summed E-state index contributed by atoms with van der Waals surface area (Å²) in [5.74, 6) is 1.24. The molecule has 29 heavy (non-hydrogen) atoms. The first-order valence-electron chi connectivity index (χ1n) is 10.3. The Morgan fingerprint density at radius 2 is 1.86 bits per heavy atom. The normalized spacial score (nSPS) is 18.3. The molecule has 2 amide bonds. The van der Waals surface area contributed by atoms with Gasteiger partial charge < -0.3 is 15.0 Å². The molecule has 1 aliphatic heterocycles. The summed E-state index contributed by atoms with van der Waals surface area (Å²) in [5, 5.41) is 5.95. The fraction of sp³-hybridized carbons (Fsp3) is 0.500. The lowest BCUT2D eigenvalue weighted by Gasteiger charge is -2.32. The molecular formula is C22H27N3O3S. The second-order valence-corrected chi connectivity index (χ2v) is 8.99.